The minimum atomic E-state index is -0.402. The van der Waals surface area contributed by atoms with Crippen LogP contribution in [0.1, 0.15) is 11.1 Å². The monoisotopic (exact) mass is 291 g/mol. The number of halogens is 1. The summed E-state index contributed by atoms with van der Waals surface area (Å²) in [5, 5.41) is 4.44. The molecule has 0 saturated carbocycles. The number of nitrogens with zero attached hydrogens (tertiary/aromatic N) is 2. The number of rotatable bonds is 4. The molecule has 3 aromatic rings. The van der Waals surface area contributed by atoms with Crippen molar-refractivity contribution in [2.75, 3.05) is 5.43 Å². The van der Waals surface area contributed by atoms with Gasteiger partial charge in [0.2, 0.25) is 0 Å². The van der Waals surface area contributed by atoms with Crippen LogP contribution >= 0.6 is 0 Å². The number of aromatic nitrogens is 1. The van der Waals surface area contributed by atoms with E-state index in [0.29, 0.717) is 5.69 Å². The molecule has 0 amide bonds. The molecule has 2 aromatic carbocycles. The number of hydrazone groups is 1. The van der Waals surface area contributed by atoms with Gasteiger partial charge in [0.1, 0.15) is 5.82 Å². The van der Waals surface area contributed by atoms with E-state index in [-0.39, 0.29) is 0 Å². The number of hydrogen-bond acceptors (Lipinski definition) is 3. The van der Waals surface area contributed by atoms with Crippen molar-refractivity contribution in [2.45, 2.75) is 0 Å². The first-order chi connectivity index (χ1) is 10.8. The Morgan fingerprint density at radius 2 is 1.45 bits per heavy atom. The molecule has 4 heteroatoms. The average molecular weight is 291 g/mol. The number of hydrogen-bond donors (Lipinski definition) is 1. The third-order valence-electron chi connectivity index (χ3n) is 3.10. The van der Waals surface area contributed by atoms with E-state index in [4.69, 9.17) is 0 Å². The average Bonchev–Trinajstić information content (AvgIpc) is 2.57. The predicted octanol–water partition coefficient (Wildman–Crippen LogP) is 4.09. The third kappa shape index (κ3) is 3.35. The van der Waals surface area contributed by atoms with Crippen LogP contribution in [0.5, 0.6) is 0 Å². The van der Waals surface area contributed by atoms with Crippen molar-refractivity contribution in [2.24, 2.45) is 5.10 Å². The summed E-state index contributed by atoms with van der Waals surface area (Å²) in [6, 6.07) is 21.0. The standard InChI is InChI=1S/C18H14FN3/c19-16-11-17(13-20-12-16)21-22-18(14-7-3-1-4-8-14)15-9-5-2-6-10-15/h1-13,21H. The molecule has 0 aliphatic rings. The molecule has 0 unspecified atom stereocenters. The van der Waals surface area contributed by atoms with E-state index in [1.54, 1.807) is 0 Å². The van der Waals surface area contributed by atoms with Gasteiger partial charge in [0.25, 0.3) is 0 Å². The van der Waals surface area contributed by atoms with Crippen LogP contribution in [0.4, 0.5) is 10.1 Å². The van der Waals surface area contributed by atoms with Crippen LogP contribution in [0.15, 0.2) is 84.2 Å². The number of benzene rings is 2. The predicted molar refractivity (Wildman–Crippen MR) is 86.3 cm³/mol. The molecule has 0 fully saturated rings. The van der Waals surface area contributed by atoms with Gasteiger partial charge in [0.15, 0.2) is 0 Å². The molecule has 0 spiro atoms. The Bertz CT molecular complexity index is 729. The molecule has 1 heterocycles. The van der Waals surface area contributed by atoms with Gasteiger partial charge in [0, 0.05) is 17.2 Å². The van der Waals surface area contributed by atoms with Crippen molar-refractivity contribution in [3.05, 3.63) is 96.1 Å². The largest absolute Gasteiger partial charge is 0.276 e. The summed E-state index contributed by atoms with van der Waals surface area (Å²) in [5.41, 5.74) is 6.11. The molecule has 0 saturated heterocycles. The summed E-state index contributed by atoms with van der Waals surface area (Å²) in [7, 11) is 0. The normalized spacial score (nSPS) is 10.0. The fourth-order valence-electron chi connectivity index (χ4n) is 2.08. The van der Waals surface area contributed by atoms with Crippen molar-refractivity contribution in [3.63, 3.8) is 0 Å². The smallest absolute Gasteiger partial charge is 0.143 e. The van der Waals surface area contributed by atoms with Crippen LogP contribution in [-0.2, 0) is 0 Å². The lowest BCUT2D eigenvalue weighted by atomic mass is 10.0. The number of nitrogens with one attached hydrogen (secondary N) is 1. The van der Waals surface area contributed by atoms with E-state index >= 15 is 0 Å². The second-order valence-electron chi connectivity index (χ2n) is 4.70. The van der Waals surface area contributed by atoms with Crippen molar-refractivity contribution in [3.8, 4) is 0 Å². The quantitative estimate of drug-likeness (QED) is 0.581. The molecule has 108 valence electrons. The minimum absolute atomic E-state index is 0.402. The van der Waals surface area contributed by atoms with Crippen LogP contribution in [0.3, 0.4) is 0 Å². The Morgan fingerprint density at radius 3 is 2.00 bits per heavy atom. The maximum absolute atomic E-state index is 13.2. The van der Waals surface area contributed by atoms with Crippen LogP contribution in [-0.4, -0.2) is 10.7 Å². The molecule has 0 bridgehead atoms. The maximum Gasteiger partial charge on any atom is 0.143 e. The molecular formula is C18H14FN3. The highest BCUT2D eigenvalue weighted by Crippen LogP contribution is 2.13. The Morgan fingerprint density at radius 1 is 0.864 bits per heavy atom. The Hall–Kier alpha value is -3.01. The third-order valence-corrected chi connectivity index (χ3v) is 3.10. The molecule has 3 rings (SSSR count). The maximum atomic E-state index is 13.2. The molecule has 1 N–H and O–H groups in total. The van der Waals surface area contributed by atoms with Gasteiger partial charge in [0.05, 0.1) is 23.8 Å². The van der Waals surface area contributed by atoms with Crippen molar-refractivity contribution >= 4 is 11.4 Å². The summed E-state index contributed by atoms with van der Waals surface area (Å²) in [4.78, 5) is 3.80. The van der Waals surface area contributed by atoms with Crippen molar-refractivity contribution in [1.29, 1.82) is 0 Å². The second-order valence-corrected chi connectivity index (χ2v) is 4.70. The molecule has 22 heavy (non-hydrogen) atoms. The summed E-state index contributed by atoms with van der Waals surface area (Å²) >= 11 is 0. The first-order valence-electron chi connectivity index (χ1n) is 6.88. The van der Waals surface area contributed by atoms with Crippen LogP contribution < -0.4 is 5.43 Å². The van der Waals surface area contributed by atoms with Crippen molar-refractivity contribution < 1.29 is 4.39 Å². The van der Waals surface area contributed by atoms with Crippen molar-refractivity contribution in [1.82, 2.24) is 4.98 Å². The Kier molecular flexibility index (Phi) is 4.20. The van der Waals surface area contributed by atoms with E-state index < -0.39 is 5.82 Å². The molecule has 0 aliphatic carbocycles. The molecular weight excluding hydrogens is 277 g/mol. The highest BCUT2D eigenvalue weighted by molar-refractivity contribution is 6.13. The lowest BCUT2D eigenvalue weighted by molar-refractivity contribution is 0.622. The minimum Gasteiger partial charge on any atom is -0.276 e. The molecule has 0 atom stereocenters. The number of pyridine rings is 1. The number of anilines is 1. The van der Waals surface area contributed by atoms with Crippen LogP contribution in [0.25, 0.3) is 0 Å². The van der Waals surface area contributed by atoms with Gasteiger partial charge in [-0.1, -0.05) is 60.7 Å². The van der Waals surface area contributed by atoms with E-state index in [1.807, 2.05) is 60.7 Å². The molecule has 0 radical (unpaired) electrons. The van der Waals surface area contributed by atoms with Gasteiger partial charge >= 0.3 is 0 Å². The highest BCUT2D eigenvalue weighted by Gasteiger charge is 2.06. The lowest BCUT2D eigenvalue weighted by Crippen LogP contribution is -2.06. The zero-order chi connectivity index (χ0) is 15.2. The molecule has 1 aromatic heterocycles. The van der Waals surface area contributed by atoms with Gasteiger partial charge in [-0.2, -0.15) is 5.10 Å². The van der Waals surface area contributed by atoms with E-state index in [9.17, 15) is 4.39 Å². The topological polar surface area (TPSA) is 37.3 Å². The van der Waals surface area contributed by atoms with Crippen LogP contribution in [0, 0.1) is 5.82 Å². The Labute approximate surface area is 128 Å². The fourth-order valence-corrected chi connectivity index (χ4v) is 2.08. The summed E-state index contributed by atoms with van der Waals surface area (Å²) in [6.45, 7) is 0. The van der Waals surface area contributed by atoms with Crippen LogP contribution in [0.2, 0.25) is 0 Å². The van der Waals surface area contributed by atoms with Gasteiger partial charge in [-0.25, -0.2) is 4.39 Å². The van der Waals surface area contributed by atoms with Gasteiger partial charge in [-0.3, -0.25) is 10.4 Å². The van der Waals surface area contributed by atoms with E-state index in [1.165, 1.54) is 12.3 Å². The first kappa shape index (κ1) is 13.9. The van der Waals surface area contributed by atoms with E-state index in [2.05, 4.69) is 15.5 Å². The highest BCUT2D eigenvalue weighted by atomic mass is 19.1. The summed E-state index contributed by atoms with van der Waals surface area (Å²) in [6.07, 6.45) is 2.68. The summed E-state index contributed by atoms with van der Waals surface area (Å²) < 4.78 is 13.2. The zero-order valence-electron chi connectivity index (χ0n) is 11.8. The zero-order valence-corrected chi connectivity index (χ0v) is 11.8. The summed E-state index contributed by atoms with van der Waals surface area (Å²) in [5.74, 6) is -0.402. The SMILES string of the molecule is Fc1cncc(NN=C(c2ccccc2)c2ccccc2)c1. The second kappa shape index (κ2) is 6.63. The van der Waals surface area contributed by atoms with Gasteiger partial charge in [-0.05, 0) is 0 Å². The van der Waals surface area contributed by atoms with E-state index in [0.717, 1.165) is 23.0 Å². The first-order valence-corrected chi connectivity index (χ1v) is 6.88. The fraction of sp³-hybridized carbons (Fsp3) is 0. The lowest BCUT2D eigenvalue weighted by Gasteiger charge is -2.08. The molecule has 3 nitrogen and oxygen atoms in total. The van der Waals surface area contributed by atoms with Gasteiger partial charge < -0.3 is 0 Å². The Balaban J connectivity index is 1.97. The van der Waals surface area contributed by atoms with Gasteiger partial charge in [-0.15, -0.1) is 0 Å². The molecule has 0 aliphatic heterocycles.